The average molecular weight is 317 g/mol. The lowest BCUT2D eigenvalue weighted by Gasteiger charge is -2.34. The quantitative estimate of drug-likeness (QED) is 0.831. The maximum Gasteiger partial charge on any atom is 0.220 e. The number of nitrogens with one attached hydrogen (secondary N) is 2. The molecule has 2 aliphatic heterocycles. The van der Waals surface area contributed by atoms with Crippen LogP contribution in [0.5, 0.6) is 0 Å². The zero-order valence-electron chi connectivity index (χ0n) is 14.3. The van der Waals surface area contributed by atoms with Gasteiger partial charge in [-0.1, -0.05) is 20.8 Å². The normalized spacial score (nSPS) is 28.9. The molecule has 0 spiro atoms. The maximum absolute atomic E-state index is 12.3. The van der Waals surface area contributed by atoms with E-state index in [9.17, 15) is 4.79 Å². The van der Waals surface area contributed by atoms with Gasteiger partial charge >= 0.3 is 0 Å². The highest BCUT2D eigenvalue weighted by atomic mass is 35.5. The van der Waals surface area contributed by atoms with Crippen LogP contribution in [-0.2, 0) is 4.79 Å². The maximum atomic E-state index is 12.3. The van der Waals surface area contributed by atoms with Gasteiger partial charge in [0.2, 0.25) is 5.91 Å². The molecule has 21 heavy (non-hydrogen) atoms. The summed E-state index contributed by atoms with van der Waals surface area (Å²) in [6.45, 7) is 11.0. The molecule has 0 aromatic heterocycles. The van der Waals surface area contributed by atoms with Gasteiger partial charge in [0.15, 0.2) is 0 Å². The van der Waals surface area contributed by atoms with Gasteiger partial charge in [-0.3, -0.25) is 4.79 Å². The van der Waals surface area contributed by atoms with Crippen molar-refractivity contribution in [3.05, 3.63) is 0 Å². The number of halogens is 1. The smallest absolute Gasteiger partial charge is 0.220 e. The second-order valence-electron chi connectivity index (χ2n) is 8.85. The minimum absolute atomic E-state index is 0. The van der Waals surface area contributed by atoms with E-state index >= 15 is 0 Å². The highest BCUT2D eigenvalue weighted by Crippen LogP contribution is 2.33. The summed E-state index contributed by atoms with van der Waals surface area (Å²) in [6, 6.07) is 1.35. The Morgan fingerprint density at radius 1 is 1.10 bits per heavy atom. The van der Waals surface area contributed by atoms with Crippen molar-refractivity contribution < 1.29 is 4.79 Å². The molecule has 124 valence electrons. The topological polar surface area (TPSA) is 41.1 Å². The summed E-state index contributed by atoms with van der Waals surface area (Å²) in [5.74, 6) is 0.824. The fourth-order valence-corrected chi connectivity index (χ4v) is 4.40. The van der Waals surface area contributed by atoms with Crippen molar-refractivity contribution in [1.82, 2.24) is 10.6 Å². The van der Waals surface area contributed by atoms with Crippen molar-refractivity contribution in [2.45, 2.75) is 90.8 Å². The first kappa shape index (κ1) is 18.8. The summed E-state index contributed by atoms with van der Waals surface area (Å²) in [7, 11) is 0. The molecule has 4 heteroatoms. The van der Waals surface area contributed by atoms with E-state index in [2.05, 4.69) is 45.3 Å². The lowest BCUT2D eigenvalue weighted by Crippen LogP contribution is -2.47. The van der Waals surface area contributed by atoms with Crippen molar-refractivity contribution in [2.24, 2.45) is 11.3 Å². The number of carbonyl (C=O) groups excluding carboxylic acids is 1. The number of hydrogen-bond donors (Lipinski definition) is 2. The molecule has 2 N–H and O–H groups in total. The molecule has 2 atom stereocenters. The first-order valence-electron chi connectivity index (χ1n) is 8.20. The molecule has 0 aromatic carbocycles. The molecule has 0 saturated carbocycles. The zero-order chi connectivity index (χ0) is 15.0. The lowest BCUT2D eigenvalue weighted by molar-refractivity contribution is -0.124. The van der Waals surface area contributed by atoms with E-state index in [1.807, 2.05) is 0 Å². The molecule has 0 aliphatic carbocycles. The molecule has 1 amide bonds. The predicted octanol–water partition coefficient (Wildman–Crippen LogP) is 3.66. The van der Waals surface area contributed by atoms with E-state index in [1.54, 1.807) is 0 Å². The first-order chi connectivity index (χ1) is 9.13. The molecule has 2 aliphatic rings. The van der Waals surface area contributed by atoms with Gasteiger partial charge < -0.3 is 10.6 Å². The summed E-state index contributed by atoms with van der Waals surface area (Å²) in [4.78, 5) is 12.3. The van der Waals surface area contributed by atoms with E-state index < -0.39 is 0 Å². The SMILES string of the molecule is CC(C)(C)CC(C)(C)NC(=O)CC1CC2CCC(C1)N2.Cl. The second-order valence-corrected chi connectivity index (χ2v) is 8.85. The number of hydrogen-bond acceptors (Lipinski definition) is 2. The third kappa shape index (κ3) is 6.15. The number of fused-ring (bicyclic) bond motifs is 2. The number of carbonyl (C=O) groups is 1. The molecular formula is C17H33ClN2O. The van der Waals surface area contributed by atoms with Gasteiger partial charge in [0, 0.05) is 24.0 Å². The van der Waals surface area contributed by atoms with Crippen LogP contribution in [0.15, 0.2) is 0 Å². The van der Waals surface area contributed by atoms with Crippen LogP contribution >= 0.6 is 12.4 Å². The Kier molecular flexibility index (Phi) is 6.14. The highest BCUT2D eigenvalue weighted by Gasteiger charge is 2.35. The third-order valence-corrected chi connectivity index (χ3v) is 4.49. The van der Waals surface area contributed by atoms with Gasteiger partial charge in [0.25, 0.3) is 0 Å². The second kappa shape index (κ2) is 6.87. The molecular weight excluding hydrogens is 284 g/mol. The average Bonchev–Trinajstić information content (AvgIpc) is 2.52. The number of rotatable bonds is 4. The Hall–Kier alpha value is -0.280. The van der Waals surface area contributed by atoms with Crippen LogP contribution in [0.2, 0.25) is 0 Å². The van der Waals surface area contributed by atoms with Crippen molar-refractivity contribution in [1.29, 1.82) is 0 Å². The summed E-state index contributed by atoms with van der Waals surface area (Å²) in [5, 5.41) is 6.89. The van der Waals surface area contributed by atoms with Crippen molar-refractivity contribution in [2.75, 3.05) is 0 Å². The third-order valence-electron chi connectivity index (χ3n) is 4.49. The molecule has 2 bridgehead atoms. The van der Waals surface area contributed by atoms with E-state index in [0.29, 0.717) is 24.4 Å². The molecule has 2 fully saturated rings. The van der Waals surface area contributed by atoms with Crippen LogP contribution < -0.4 is 10.6 Å². The van der Waals surface area contributed by atoms with Gasteiger partial charge in [-0.15, -0.1) is 12.4 Å². The molecule has 2 saturated heterocycles. The predicted molar refractivity (Wildman–Crippen MR) is 90.8 cm³/mol. The standard InChI is InChI=1S/C17H32N2O.ClH/c1-16(2,3)11-17(4,5)19-15(20)10-12-8-13-6-7-14(9-12)18-13;/h12-14,18H,6-11H2,1-5H3,(H,19,20);1H. The summed E-state index contributed by atoms with van der Waals surface area (Å²) >= 11 is 0. The van der Waals surface area contributed by atoms with E-state index in [1.165, 1.54) is 25.7 Å². The van der Waals surface area contributed by atoms with E-state index in [0.717, 1.165) is 6.42 Å². The Balaban J connectivity index is 0.00000220. The fraction of sp³-hybridized carbons (Fsp3) is 0.941. The minimum Gasteiger partial charge on any atom is -0.351 e. The summed E-state index contributed by atoms with van der Waals surface area (Å²) < 4.78 is 0. The lowest BCUT2D eigenvalue weighted by atomic mass is 9.81. The van der Waals surface area contributed by atoms with Gasteiger partial charge in [0.05, 0.1) is 0 Å². The minimum atomic E-state index is -0.110. The Bertz CT molecular complexity index is 350. The van der Waals surface area contributed by atoms with Gasteiger partial charge in [-0.05, 0) is 57.3 Å². The molecule has 3 nitrogen and oxygen atoms in total. The number of amides is 1. The summed E-state index contributed by atoms with van der Waals surface area (Å²) in [6.07, 6.45) is 6.69. The van der Waals surface area contributed by atoms with Gasteiger partial charge in [0.1, 0.15) is 0 Å². The van der Waals surface area contributed by atoms with Gasteiger partial charge in [-0.2, -0.15) is 0 Å². The number of piperidine rings is 1. The molecule has 2 rings (SSSR count). The van der Waals surface area contributed by atoms with E-state index in [-0.39, 0.29) is 29.3 Å². The van der Waals surface area contributed by atoms with Crippen LogP contribution in [0.3, 0.4) is 0 Å². The van der Waals surface area contributed by atoms with E-state index in [4.69, 9.17) is 0 Å². The first-order valence-corrected chi connectivity index (χ1v) is 8.20. The highest BCUT2D eigenvalue weighted by molar-refractivity contribution is 5.85. The monoisotopic (exact) mass is 316 g/mol. The molecule has 0 radical (unpaired) electrons. The fourth-order valence-electron chi connectivity index (χ4n) is 4.40. The van der Waals surface area contributed by atoms with Crippen LogP contribution in [0.1, 0.15) is 73.1 Å². The zero-order valence-corrected chi connectivity index (χ0v) is 15.1. The molecule has 0 aromatic rings. The largest absolute Gasteiger partial charge is 0.351 e. The molecule has 2 unspecified atom stereocenters. The Morgan fingerprint density at radius 3 is 2.10 bits per heavy atom. The molecule has 2 heterocycles. The van der Waals surface area contributed by atoms with Crippen LogP contribution in [-0.4, -0.2) is 23.5 Å². The summed E-state index contributed by atoms with van der Waals surface area (Å²) in [5.41, 5.74) is 0.131. The van der Waals surface area contributed by atoms with Gasteiger partial charge in [-0.25, -0.2) is 0 Å². The Labute approximate surface area is 136 Å². The van der Waals surface area contributed by atoms with Crippen LogP contribution in [0, 0.1) is 11.3 Å². The van der Waals surface area contributed by atoms with Crippen LogP contribution in [0.4, 0.5) is 0 Å². The van der Waals surface area contributed by atoms with Crippen molar-refractivity contribution in [3.63, 3.8) is 0 Å². The van der Waals surface area contributed by atoms with Crippen molar-refractivity contribution in [3.8, 4) is 0 Å². The Morgan fingerprint density at radius 2 is 1.62 bits per heavy atom. The van der Waals surface area contributed by atoms with Crippen molar-refractivity contribution >= 4 is 18.3 Å². The van der Waals surface area contributed by atoms with Crippen LogP contribution in [0.25, 0.3) is 0 Å².